The Morgan fingerprint density at radius 3 is 2.86 bits per heavy atom. The minimum atomic E-state index is -0.138. The first-order chi connectivity index (χ1) is 6.54. The highest BCUT2D eigenvalue weighted by Gasteiger charge is 2.14. The lowest BCUT2D eigenvalue weighted by Crippen LogP contribution is -2.30. The molecule has 1 aromatic rings. The Morgan fingerprint density at radius 1 is 1.79 bits per heavy atom. The van der Waals surface area contributed by atoms with Crippen molar-refractivity contribution >= 4 is 28.8 Å². The second kappa shape index (κ2) is 4.62. The van der Waals surface area contributed by atoms with Crippen LogP contribution in [0, 0.1) is 6.92 Å². The summed E-state index contributed by atoms with van der Waals surface area (Å²) in [5, 5.41) is 3.28. The van der Waals surface area contributed by atoms with E-state index in [0.29, 0.717) is 9.90 Å². The molecule has 1 aromatic heterocycles. The van der Waals surface area contributed by atoms with Crippen LogP contribution in [0.3, 0.4) is 0 Å². The summed E-state index contributed by atoms with van der Waals surface area (Å²) in [6.45, 7) is 7.37. The van der Waals surface area contributed by atoms with Gasteiger partial charge in [-0.2, -0.15) is 0 Å². The largest absolute Gasteiger partial charge is 0.345 e. The third-order valence-electron chi connectivity index (χ3n) is 1.73. The maximum atomic E-state index is 11.6. The van der Waals surface area contributed by atoms with Gasteiger partial charge in [0.2, 0.25) is 0 Å². The van der Waals surface area contributed by atoms with Gasteiger partial charge >= 0.3 is 0 Å². The van der Waals surface area contributed by atoms with E-state index in [9.17, 15) is 4.79 Å². The molecular formula is C10H12ClNOS. The van der Waals surface area contributed by atoms with Gasteiger partial charge in [-0.1, -0.05) is 17.7 Å². The minimum absolute atomic E-state index is 0.0408. The van der Waals surface area contributed by atoms with Crippen LogP contribution >= 0.6 is 22.9 Å². The Bertz CT molecular complexity index is 359. The van der Waals surface area contributed by atoms with Gasteiger partial charge in [-0.25, -0.2) is 0 Å². The normalized spacial score (nSPS) is 12.2. The van der Waals surface area contributed by atoms with Crippen molar-refractivity contribution in [2.45, 2.75) is 19.9 Å². The lowest BCUT2D eigenvalue weighted by atomic mass is 10.3. The summed E-state index contributed by atoms with van der Waals surface area (Å²) in [7, 11) is 0. The van der Waals surface area contributed by atoms with Gasteiger partial charge in [0.15, 0.2) is 0 Å². The summed E-state index contributed by atoms with van der Waals surface area (Å²) >= 11 is 7.29. The molecule has 0 saturated heterocycles. The second-order valence-corrected chi connectivity index (χ2v) is 4.70. The molecule has 2 nitrogen and oxygen atoms in total. The third kappa shape index (κ3) is 2.59. The number of aryl methyl sites for hydroxylation is 1. The Balaban J connectivity index is 2.79. The van der Waals surface area contributed by atoms with Crippen LogP contribution in [0.2, 0.25) is 5.02 Å². The van der Waals surface area contributed by atoms with Crippen molar-refractivity contribution in [1.29, 1.82) is 0 Å². The molecule has 0 aliphatic rings. The predicted molar refractivity (Wildman–Crippen MR) is 61.2 cm³/mol. The lowest BCUT2D eigenvalue weighted by Gasteiger charge is -2.07. The molecule has 0 aromatic carbocycles. The Morgan fingerprint density at radius 2 is 2.43 bits per heavy atom. The number of carbonyl (C=O) groups excluding carboxylic acids is 1. The predicted octanol–water partition coefficient (Wildman–Crippen LogP) is 3.01. The SMILES string of the molecule is C=CC(C)NC(=O)c1sc(C)cc1Cl. The molecule has 1 amide bonds. The highest BCUT2D eigenvalue weighted by molar-refractivity contribution is 7.14. The van der Waals surface area contributed by atoms with Gasteiger partial charge < -0.3 is 5.32 Å². The van der Waals surface area contributed by atoms with Gasteiger partial charge in [-0.05, 0) is 19.9 Å². The van der Waals surface area contributed by atoms with Crippen molar-refractivity contribution < 1.29 is 4.79 Å². The number of thiophene rings is 1. The molecule has 76 valence electrons. The molecule has 1 unspecified atom stereocenters. The van der Waals surface area contributed by atoms with E-state index >= 15 is 0 Å². The topological polar surface area (TPSA) is 29.1 Å². The van der Waals surface area contributed by atoms with Crippen LogP contribution in [-0.4, -0.2) is 11.9 Å². The average molecular weight is 230 g/mol. The Hall–Kier alpha value is -0.800. The lowest BCUT2D eigenvalue weighted by molar-refractivity contribution is 0.0951. The second-order valence-electron chi connectivity index (χ2n) is 3.03. The van der Waals surface area contributed by atoms with E-state index in [2.05, 4.69) is 11.9 Å². The zero-order valence-corrected chi connectivity index (χ0v) is 9.71. The highest BCUT2D eigenvalue weighted by Crippen LogP contribution is 2.26. The fraction of sp³-hybridized carbons (Fsp3) is 0.300. The number of halogens is 1. The molecule has 0 fully saturated rings. The standard InChI is InChI=1S/C10H12ClNOS/c1-4-6(2)12-10(13)9-8(11)5-7(3)14-9/h4-6H,1H2,2-3H3,(H,12,13). The first kappa shape index (κ1) is 11.3. The first-order valence-corrected chi connectivity index (χ1v) is 5.43. The smallest absolute Gasteiger partial charge is 0.263 e. The summed E-state index contributed by atoms with van der Waals surface area (Å²) in [5.74, 6) is -0.138. The molecule has 1 atom stereocenters. The zero-order valence-electron chi connectivity index (χ0n) is 8.13. The number of rotatable bonds is 3. The molecular weight excluding hydrogens is 218 g/mol. The van der Waals surface area contributed by atoms with Crippen molar-refractivity contribution in [3.8, 4) is 0 Å². The van der Waals surface area contributed by atoms with Crippen molar-refractivity contribution in [2.75, 3.05) is 0 Å². The number of amides is 1. The van der Waals surface area contributed by atoms with E-state index in [1.165, 1.54) is 11.3 Å². The van der Waals surface area contributed by atoms with Crippen LogP contribution in [0.25, 0.3) is 0 Å². The summed E-state index contributed by atoms with van der Waals surface area (Å²) < 4.78 is 0. The number of carbonyl (C=O) groups is 1. The number of hydrogen-bond donors (Lipinski definition) is 1. The molecule has 0 aliphatic heterocycles. The van der Waals surface area contributed by atoms with Crippen molar-refractivity contribution in [1.82, 2.24) is 5.32 Å². The first-order valence-electron chi connectivity index (χ1n) is 4.24. The zero-order chi connectivity index (χ0) is 10.7. The summed E-state index contributed by atoms with van der Waals surface area (Å²) in [4.78, 5) is 13.2. The van der Waals surface area contributed by atoms with Crippen LogP contribution in [0.1, 0.15) is 21.5 Å². The van der Waals surface area contributed by atoms with Crippen LogP contribution < -0.4 is 5.32 Å². The molecule has 1 N–H and O–H groups in total. The summed E-state index contributed by atoms with van der Waals surface area (Å²) in [5.41, 5.74) is 0. The van der Waals surface area contributed by atoms with E-state index in [4.69, 9.17) is 11.6 Å². The van der Waals surface area contributed by atoms with Gasteiger partial charge in [0.05, 0.1) is 5.02 Å². The molecule has 1 heterocycles. The summed E-state index contributed by atoms with van der Waals surface area (Å²) in [6.07, 6.45) is 1.67. The van der Waals surface area contributed by atoms with Crippen LogP contribution in [-0.2, 0) is 0 Å². The molecule has 4 heteroatoms. The highest BCUT2D eigenvalue weighted by atomic mass is 35.5. The molecule has 0 saturated carbocycles. The fourth-order valence-electron chi connectivity index (χ4n) is 0.969. The molecule has 0 radical (unpaired) electrons. The van der Waals surface area contributed by atoms with Gasteiger partial charge in [0.1, 0.15) is 4.88 Å². The summed E-state index contributed by atoms with van der Waals surface area (Å²) in [6, 6.07) is 1.75. The third-order valence-corrected chi connectivity index (χ3v) is 3.19. The van der Waals surface area contributed by atoms with Crippen molar-refractivity contribution in [3.63, 3.8) is 0 Å². The Labute approximate surface area is 92.6 Å². The van der Waals surface area contributed by atoms with Crippen LogP contribution in [0.4, 0.5) is 0 Å². The fourth-order valence-corrected chi connectivity index (χ4v) is 2.21. The molecule has 0 aliphatic carbocycles. The number of hydrogen-bond acceptors (Lipinski definition) is 2. The monoisotopic (exact) mass is 229 g/mol. The van der Waals surface area contributed by atoms with E-state index in [-0.39, 0.29) is 11.9 Å². The van der Waals surface area contributed by atoms with Gasteiger partial charge in [-0.15, -0.1) is 17.9 Å². The van der Waals surface area contributed by atoms with Crippen LogP contribution in [0.15, 0.2) is 18.7 Å². The van der Waals surface area contributed by atoms with E-state index in [0.717, 1.165) is 4.88 Å². The molecule has 0 bridgehead atoms. The van der Waals surface area contributed by atoms with E-state index in [1.807, 2.05) is 13.8 Å². The molecule has 0 spiro atoms. The number of nitrogens with one attached hydrogen (secondary N) is 1. The van der Waals surface area contributed by atoms with E-state index in [1.54, 1.807) is 12.1 Å². The van der Waals surface area contributed by atoms with E-state index < -0.39 is 0 Å². The van der Waals surface area contributed by atoms with Crippen molar-refractivity contribution in [3.05, 3.63) is 33.5 Å². The maximum Gasteiger partial charge on any atom is 0.263 e. The Kier molecular flexibility index (Phi) is 3.72. The van der Waals surface area contributed by atoms with Crippen molar-refractivity contribution in [2.24, 2.45) is 0 Å². The molecule has 14 heavy (non-hydrogen) atoms. The average Bonchev–Trinajstić information content (AvgIpc) is 2.45. The van der Waals surface area contributed by atoms with Gasteiger partial charge in [0.25, 0.3) is 5.91 Å². The van der Waals surface area contributed by atoms with Gasteiger partial charge in [-0.3, -0.25) is 4.79 Å². The maximum absolute atomic E-state index is 11.6. The van der Waals surface area contributed by atoms with Gasteiger partial charge in [0, 0.05) is 10.9 Å². The molecule has 1 rings (SSSR count). The quantitative estimate of drug-likeness (QED) is 0.794. The van der Waals surface area contributed by atoms with Crippen LogP contribution in [0.5, 0.6) is 0 Å². The minimum Gasteiger partial charge on any atom is -0.345 e.